The first kappa shape index (κ1) is 12.3. The Hall–Kier alpha value is -0.730. The highest BCUT2D eigenvalue weighted by Crippen LogP contribution is 2.35. The van der Waals surface area contributed by atoms with Crippen LogP contribution in [0.1, 0.15) is 34.6 Å². The van der Waals surface area contributed by atoms with E-state index in [1.807, 2.05) is 13.0 Å². The summed E-state index contributed by atoms with van der Waals surface area (Å²) in [7, 11) is 0. The average Bonchev–Trinajstić information content (AvgIpc) is 1.82. The van der Waals surface area contributed by atoms with Gasteiger partial charge in [-0.3, -0.25) is 0 Å². The van der Waals surface area contributed by atoms with Crippen LogP contribution < -0.4 is 0 Å². The summed E-state index contributed by atoms with van der Waals surface area (Å²) in [5.41, 5.74) is 0. The van der Waals surface area contributed by atoms with Crippen LogP contribution in [0.2, 0.25) is 0 Å². The fourth-order valence-electron chi connectivity index (χ4n) is 1.04. The smallest absolute Gasteiger partial charge is 0.138 e. The average molecular weight is 196 g/mol. The van der Waals surface area contributed by atoms with Crippen molar-refractivity contribution in [3.63, 3.8) is 0 Å². The van der Waals surface area contributed by atoms with Crippen molar-refractivity contribution in [2.24, 2.45) is 0 Å². The first-order valence-corrected chi connectivity index (χ1v) is 4.95. The highest BCUT2D eigenvalue weighted by Gasteiger charge is 2.27. The Kier molecular flexibility index (Phi) is 4.24. The number of aliphatic hydroxyl groups excluding tert-OH is 1. The third-order valence-electron chi connectivity index (χ3n) is 1.17. The van der Waals surface area contributed by atoms with Gasteiger partial charge in [-0.2, -0.15) is 0 Å². The van der Waals surface area contributed by atoms with E-state index in [-0.39, 0.29) is 4.75 Å². The Labute approximate surface area is 85.3 Å². The van der Waals surface area contributed by atoms with Gasteiger partial charge in [-0.15, -0.1) is 17.7 Å². The van der Waals surface area contributed by atoms with Gasteiger partial charge >= 0.3 is 0 Å². The van der Waals surface area contributed by atoms with Crippen molar-refractivity contribution in [1.29, 1.82) is 0 Å². The molecule has 1 atom stereocenters. The predicted molar refractivity (Wildman–Crippen MR) is 58.9 cm³/mol. The van der Waals surface area contributed by atoms with Gasteiger partial charge in [0.25, 0.3) is 0 Å². The van der Waals surface area contributed by atoms with Gasteiger partial charge < -0.3 is 5.11 Å². The van der Waals surface area contributed by atoms with E-state index in [4.69, 9.17) is 5.11 Å². The summed E-state index contributed by atoms with van der Waals surface area (Å²) >= 11 is 1.65. The molecule has 72 valence electrons. The maximum Gasteiger partial charge on any atom is 0.138 e. The van der Waals surface area contributed by atoms with E-state index in [2.05, 4.69) is 38.5 Å². The van der Waals surface area contributed by atoms with Crippen LogP contribution in [-0.2, 0) is 0 Å². The van der Waals surface area contributed by atoms with Crippen LogP contribution in [0.5, 0.6) is 0 Å². The van der Waals surface area contributed by atoms with Crippen LogP contribution >= 0.6 is 11.8 Å². The molecule has 2 heteroatoms. The van der Waals surface area contributed by atoms with Gasteiger partial charge in [0.2, 0.25) is 0 Å². The van der Waals surface area contributed by atoms with E-state index in [1.165, 1.54) is 0 Å². The molecule has 0 saturated heterocycles. The Balaban J connectivity index is 4.75. The molecule has 1 unspecified atom stereocenters. The molecule has 0 bridgehead atoms. The highest BCUT2D eigenvalue weighted by atomic mass is 32.2. The molecule has 0 aromatic heterocycles. The minimum absolute atomic E-state index is 0.0858. The molecule has 0 heterocycles. The molecule has 0 fully saturated rings. The summed E-state index contributed by atoms with van der Waals surface area (Å²) in [4.78, 5) is 0. The van der Waals surface area contributed by atoms with E-state index < -0.39 is 4.75 Å². The van der Waals surface area contributed by atoms with E-state index in [0.717, 1.165) is 0 Å². The number of aliphatic hydroxyl groups is 1. The molecule has 0 rings (SSSR count). The fourth-order valence-corrected chi connectivity index (χ4v) is 2.51. The van der Waals surface area contributed by atoms with Crippen molar-refractivity contribution < 1.29 is 5.11 Å². The van der Waals surface area contributed by atoms with Crippen molar-refractivity contribution in [3.8, 4) is 23.9 Å². The van der Waals surface area contributed by atoms with Gasteiger partial charge in [0, 0.05) is 4.75 Å². The molecule has 1 N–H and O–H groups in total. The SMILES string of the molecule is CC#CC(C)(C#CO)SC(C)(C)C. The zero-order chi connectivity index (χ0) is 10.5. The molecule has 0 amide bonds. The molecule has 0 spiro atoms. The number of hydrogen-bond acceptors (Lipinski definition) is 2. The zero-order valence-electron chi connectivity index (χ0n) is 8.86. The van der Waals surface area contributed by atoms with Gasteiger partial charge in [0.15, 0.2) is 0 Å². The summed E-state index contributed by atoms with van der Waals surface area (Å²) in [6.07, 6.45) is 1.94. The van der Waals surface area contributed by atoms with E-state index in [1.54, 1.807) is 18.7 Å². The third-order valence-corrected chi connectivity index (χ3v) is 2.39. The maximum atomic E-state index is 8.58. The van der Waals surface area contributed by atoms with Crippen LogP contribution in [0.15, 0.2) is 0 Å². The summed E-state index contributed by atoms with van der Waals surface area (Å²) in [6.45, 7) is 10.0. The summed E-state index contributed by atoms with van der Waals surface area (Å²) < 4.78 is -0.385. The quantitative estimate of drug-likeness (QED) is 0.651. The molecule has 0 aliphatic heterocycles. The lowest BCUT2D eigenvalue weighted by atomic mass is 10.2. The van der Waals surface area contributed by atoms with Crippen LogP contribution in [0, 0.1) is 23.9 Å². The van der Waals surface area contributed by atoms with E-state index in [9.17, 15) is 0 Å². The summed E-state index contributed by atoms with van der Waals surface area (Å²) in [6, 6.07) is 0. The first-order valence-electron chi connectivity index (χ1n) is 4.13. The Morgan fingerprint density at radius 1 is 1.08 bits per heavy atom. The lowest BCUT2D eigenvalue weighted by molar-refractivity contribution is 0.516. The van der Waals surface area contributed by atoms with Gasteiger partial charge in [-0.05, 0) is 19.8 Å². The molecular formula is C11H16OS. The van der Waals surface area contributed by atoms with Crippen molar-refractivity contribution in [2.75, 3.05) is 0 Å². The Morgan fingerprint density at radius 3 is 1.92 bits per heavy atom. The Bertz CT molecular complexity index is 257. The number of thioether (sulfide) groups is 1. The van der Waals surface area contributed by atoms with Crippen LogP contribution in [0.25, 0.3) is 0 Å². The lowest BCUT2D eigenvalue weighted by Crippen LogP contribution is -2.23. The van der Waals surface area contributed by atoms with E-state index >= 15 is 0 Å². The van der Waals surface area contributed by atoms with Crippen molar-refractivity contribution in [3.05, 3.63) is 0 Å². The Morgan fingerprint density at radius 2 is 1.62 bits per heavy atom. The van der Waals surface area contributed by atoms with Gasteiger partial charge in [-0.1, -0.05) is 26.7 Å². The van der Waals surface area contributed by atoms with Crippen LogP contribution in [0.3, 0.4) is 0 Å². The highest BCUT2D eigenvalue weighted by molar-refractivity contribution is 8.02. The second-order valence-corrected chi connectivity index (χ2v) is 6.10. The number of rotatable bonds is 1. The fraction of sp³-hybridized carbons (Fsp3) is 0.636. The summed E-state index contributed by atoms with van der Waals surface area (Å²) in [5.74, 6) is 8.54. The van der Waals surface area contributed by atoms with Crippen molar-refractivity contribution in [2.45, 2.75) is 44.1 Å². The zero-order valence-corrected chi connectivity index (χ0v) is 9.67. The van der Waals surface area contributed by atoms with Gasteiger partial charge in [-0.25, -0.2) is 0 Å². The molecule has 0 aliphatic carbocycles. The van der Waals surface area contributed by atoms with Crippen LogP contribution in [0.4, 0.5) is 0 Å². The second-order valence-electron chi connectivity index (χ2n) is 3.86. The maximum absolute atomic E-state index is 8.58. The normalized spacial score (nSPS) is 14.5. The largest absolute Gasteiger partial charge is 0.462 e. The molecule has 0 saturated carbocycles. The predicted octanol–water partition coefficient (Wildman–Crippen LogP) is 2.63. The summed E-state index contributed by atoms with van der Waals surface area (Å²) in [5, 5.41) is 8.58. The monoisotopic (exact) mass is 196 g/mol. The topological polar surface area (TPSA) is 20.2 Å². The third kappa shape index (κ3) is 5.50. The minimum Gasteiger partial charge on any atom is -0.462 e. The van der Waals surface area contributed by atoms with Crippen molar-refractivity contribution in [1.82, 2.24) is 0 Å². The number of hydrogen-bond donors (Lipinski definition) is 1. The standard InChI is InChI=1S/C11H16OS/c1-6-7-11(5,8-9-12)13-10(2,3)4/h12H,1-5H3. The minimum atomic E-state index is -0.470. The van der Waals surface area contributed by atoms with Crippen LogP contribution in [-0.4, -0.2) is 14.6 Å². The molecule has 0 radical (unpaired) electrons. The van der Waals surface area contributed by atoms with Gasteiger partial charge in [0.05, 0.1) is 0 Å². The molecule has 0 aliphatic rings. The molecule has 0 aromatic carbocycles. The first-order chi connectivity index (χ1) is 5.83. The second kappa shape index (κ2) is 4.49. The van der Waals surface area contributed by atoms with Crippen molar-refractivity contribution >= 4 is 11.8 Å². The molecular weight excluding hydrogens is 180 g/mol. The molecule has 13 heavy (non-hydrogen) atoms. The molecule has 0 aromatic rings. The van der Waals surface area contributed by atoms with Gasteiger partial charge in [0.1, 0.15) is 10.9 Å². The van der Waals surface area contributed by atoms with E-state index in [0.29, 0.717) is 0 Å². The molecule has 1 nitrogen and oxygen atoms in total. The lowest BCUT2D eigenvalue weighted by Gasteiger charge is -2.26.